The third-order valence-electron chi connectivity index (χ3n) is 6.17. The number of unbranched alkanes of at least 4 members (excludes halogenated alkanes) is 11. The lowest BCUT2D eigenvalue weighted by Crippen LogP contribution is -2.27. The molecule has 0 bridgehead atoms. The highest BCUT2D eigenvalue weighted by molar-refractivity contribution is 5.69. The highest BCUT2D eigenvalue weighted by atomic mass is 16.6. The molecular weight excluding hydrogens is 460 g/mol. The Kier molecular flexibility index (Phi) is 29.2. The average molecular weight is 519 g/mol. The SMILES string of the molecule is CC/C=C\C/C=C\C/C=C\C/C=C\CCCCCCC(=O)OC(CO)COCCCCCCCCCC. The Bertz CT molecular complexity index is 591. The number of hydrogen-bond acceptors (Lipinski definition) is 4. The van der Waals surface area contributed by atoms with E-state index in [0.717, 1.165) is 64.2 Å². The Hall–Kier alpha value is -1.65. The van der Waals surface area contributed by atoms with Crippen LogP contribution in [-0.4, -0.2) is 37.0 Å². The summed E-state index contributed by atoms with van der Waals surface area (Å²) in [6.07, 6.45) is 37.1. The topological polar surface area (TPSA) is 55.8 Å². The van der Waals surface area contributed by atoms with E-state index >= 15 is 0 Å². The lowest BCUT2D eigenvalue weighted by atomic mass is 10.1. The fourth-order valence-corrected chi connectivity index (χ4v) is 3.90. The quantitative estimate of drug-likeness (QED) is 0.0669. The smallest absolute Gasteiger partial charge is 0.306 e. The third kappa shape index (κ3) is 28.8. The van der Waals surface area contributed by atoms with E-state index in [1.165, 1.54) is 44.9 Å². The molecule has 0 aliphatic heterocycles. The number of aliphatic hydroxyl groups excluding tert-OH is 1. The van der Waals surface area contributed by atoms with Crippen LogP contribution in [0.2, 0.25) is 0 Å². The van der Waals surface area contributed by atoms with Crippen molar-refractivity contribution in [3.63, 3.8) is 0 Å². The van der Waals surface area contributed by atoms with Crippen LogP contribution >= 0.6 is 0 Å². The van der Waals surface area contributed by atoms with Crippen LogP contribution in [0, 0.1) is 0 Å². The molecule has 0 aliphatic carbocycles. The summed E-state index contributed by atoms with van der Waals surface area (Å²) in [4.78, 5) is 12.0. The highest BCUT2D eigenvalue weighted by Crippen LogP contribution is 2.10. The summed E-state index contributed by atoms with van der Waals surface area (Å²) in [5.41, 5.74) is 0. The molecule has 4 nitrogen and oxygen atoms in total. The molecule has 0 amide bonds. The van der Waals surface area contributed by atoms with E-state index in [0.29, 0.717) is 13.0 Å². The zero-order chi connectivity index (χ0) is 27.1. The molecule has 0 fully saturated rings. The van der Waals surface area contributed by atoms with Crippen molar-refractivity contribution in [1.29, 1.82) is 0 Å². The maximum atomic E-state index is 12.0. The van der Waals surface area contributed by atoms with Gasteiger partial charge in [-0.2, -0.15) is 0 Å². The second-order valence-electron chi connectivity index (χ2n) is 9.80. The predicted octanol–water partition coefficient (Wildman–Crippen LogP) is 9.19. The molecule has 4 heteroatoms. The van der Waals surface area contributed by atoms with Gasteiger partial charge in [0, 0.05) is 13.0 Å². The first kappa shape index (κ1) is 35.4. The summed E-state index contributed by atoms with van der Waals surface area (Å²) in [6, 6.07) is 0. The van der Waals surface area contributed by atoms with E-state index in [-0.39, 0.29) is 19.2 Å². The van der Waals surface area contributed by atoms with Crippen molar-refractivity contribution in [3.05, 3.63) is 48.6 Å². The molecule has 0 spiro atoms. The molecule has 37 heavy (non-hydrogen) atoms. The van der Waals surface area contributed by atoms with Gasteiger partial charge in [0.05, 0.1) is 13.2 Å². The second kappa shape index (κ2) is 30.6. The van der Waals surface area contributed by atoms with E-state index in [9.17, 15) is 9.90 Å². The van der Waals surface area contributed by atoms with Gasteiger partial charge >= 0.3 is 5.97 Å². The predicted molar refractivity (Wildman–Crippen MR) is 159 cm³/mol. The summed E-state index contributed by atoms with van der Waals surface area (Å²) < 4.78 is 11.0. The Morgan fingerprint density at radius 3 is 1.84 bits per heavy atom. The van der Waals surface area contributed by atoms with Crippen LogP contribution in [0.5, 0.6) is 0 Å². The molecule has 0 saturated carbocycles. The van der Waals surface area contributed by atoms with Crippen LogP contribution in [0.4, 0.5) is 0 Å². The van der Waals surface area contributed by atoms with Gasteiger partial charge in [0.2, 0.25) is 0 Å². The minimum atomic E-state index is -0.542. The van der Waals surface area contributed by atoms with Gasteiger partial charge in [0.15, 0.2) is 0 Å². The fourth-order valence-electron chi connectivity index (χ4n) is 3.90. The van der Waals surface area contributed by atoms with E-state index in [4.69, 9.17) is 9.47 Å². The van der Waals surface area contributed by atoms with Crippen molar-refractivity contribution in [1.82, 2.24) is 0 Å². The number of carbonyl (C=O) groups is 1. The number of aliphatic hydroxyl groups is 1. The minimum absolute atomic E-state index is 0.183. The van der Waals surface area contributed by atoms with Gasteiger partial charge in [0.1, 0.15) is 6.10 Å². The van der Waals surface area contributed by atoms with Gasteiger partial charge in [-0.15, -0.1) is 0 Å². The summed E-state index contributed by atoms with van der Waals surface area (Å²) in [5, 5.41) is 9.47. The fraction of sp³-hybridized carbons (Fsp3) is 0.727. The van der Waals surface area contributed by atoms with Crippen molar-refractivity contribution >= 4 is 5.97 Å². The van der Waals surface area contributed by atoms with Crippen molar-refractivity contribution in [2.45, 2.75) is 136 Å². The Balaban J connectivity index is 3.56. The zero-order valence-electron chi connectivity index (χ0n) is 24.2. The van der Waals surface area contributed by atoms with Gasteiger partial charge in [-0.3, -0.25) is 4.79 Å². The maximum absolute atomic E-state index is 12.0. The number of carbonyl (C=O) groups excluding carboxylic acids is 1. The molecular formula is C33H58O4. The standard InChI is InChI=1S/C33H58O4/c1-3-5-7-9-11-13-14-15-16-17-18-19-20-21-22-24-26-28-33(35)37-32(30-34)31-36-29-27-25-23-12-10-8-6-4-2/h5,7,11,13,15-16,18-19,32,34H,3-4,6,8-10,12,14,17,20-31H2,1-2H3/b7-5-,13-11-,16-15-,19-18-. The van der Waals surface area contributed by atoms with Crippen molar-refractivity contribution in [2.75, 3.05) is 19.8 Å². The first-order chi connectivity index (χ1) is 18.2. The minimum Gasteiger partial charge on any atom is -0.457 e. The molecule has 1 atom stereocenters. The molecule has 0 saturated heterocycles. The molecule has 0 rings (SSSR count). The van der Waals surface area contributed by atoms with Gasteiger partial charge in [-0.1, -0.05) is 120 Å². The molecule has 0 aromatic carbocycles. The van der Waals surface area contributed by atoms with Gasteiger partial charge in [0.25, 0.3) is 0 Å². The Morgan fingerprint density at radius 1 is 0.676 bits per heavy atom. The molecule has 214 valence electrons. The first-order valence-electron chi connectivity index (χ1n) is 15.2. The van der Waals surface area contributed by atoms with Crippen molar-refractivity contribution < 1.29 is 19.4 Å². The molecule has 0 aliphatic rings. The maximum Gasteiger partial charge on any atom is 0.306 e. The van der Waals surface area contributed by atoms with E-state index in [2.05, 4.69) is 62.5 Å². The van der Waals surface area contributed by atoms with Gasteiger partial charge < -0.3 is 14.6 Å². The average Bonchev–Trinajstić information content (AvgIpc) is 2.90. The largest absolute Gasteiger partial charge is 0.457 e. The van der Waals surface area contributed by atoms with Crippen LogP contribution in [0.3, 0.4) is 0 Å². The third-order valence-corrected chi connectivity index (χ3v) is 6.17. The first-order valence-corrected chi connectivity index (χ1v) is 15.2. The summed E-state index contributed by atoms with van der Waals surface area (Å²) >= 11 is 0. The lowest BCUT2D eigenvalue weighted by Gasteiger charge is -2.15. The molecule has 0 heterocycles. The lowest BCUT2D eigenvalue weighted by molar-refractivity contribution is -0.154. The number of esters is 1. The van der Waals surface area contributed by atoms with Gasteiger partial charge in [-0.05, 0) is 51.4 Å². The zero-order valence-corrected chi connectivity index (χ0v) is 24.2. The number of hydrogen-bond donors (Lipinski definition) is 1. The Labute approximate surface area is 229 Å². The van der Waals surface area contributed by atoms with Crippen molar-refractivity contribution in [2.24, 2.45) is 0 Å². The number of allylic oxidation sites excluding steroid dienone is 8. The van der Waals surface area contributed by atoms with Crippen LogP contribution in [-0.2, 0) is 14.3 Å². The Morgan fingerprint density at radius 2 is 1.22 bits per heavy atom. The summed E-state index contributed by atoms with van der Waals surface area (Å²) in [7, 11) is 0. The normalized spacial score (nSPS) is 13.1. The van der Waals surface area contributed by atoms with E-state index in [1.54, 1.807) is 0 Å². The van der Waals surface area contributed by atoms with Gasteiger partial charge in [-0.25, -0.2) is 0 Å². The van der Waals surface area contributed by atoms with Crippen LogP contribution in [0.15, 0.2) is 48.6 Å². The van der Waals surface area contributed by atoms with E-state index < -0.39 is 6.10 Å². The summed E-state index contributed by atoms with van der Waals surface area (Å²) in [6.45, 7) is 5.17. The molecule has 1 unspecified atom stereocenters. The van der Waals surface area contributed by atoms with Crippen LogP contribution in [0.1, 0.15) is 129 Å². The highest BCUT2D eigenvalue weighted by Gasteiger charge is 2.13. The van der Waals surface area contributed by atoms with Crippen LogP contribution in [0.25, 0.3) is 0 Å². The van der Waals surface area contributed by atoms with E-state index in [1.807, 2.05) is 0 Å². The number of rotatable bonds is 27. The van der Waals surface area contributed by atoms with Crippen LogP contribution < -0.4 is 0 Å². The molecule has 1 N–H and O–H groups in total. The number of ether oxygens (including phenoxy) is 2. The second-order valence-corrected chi connectivity index (χ2v) is 9.80. The summed E-state index contributed by atoms with van der Waals surface area (Å²) in [5.74, 6) is -0.228. The monoisotopic (exact) mass is 518 g/mol. The molecule has 0 aromatic rings. The molecule has 0 aromatic heterocycles. The molecule has 0 radical (unpaired) electrons. The van der Waals surface area contributed by atoms with Crippen molar-refractivity contribution in [3.8, 4) is 0 Å².